The van der Waals surface area contributed by atoms with Crippen LogP contribution in [0.15, 0.2) is 12.2 Å². The average molecular weight is 194 g/mol. The fourth-order valence-corrected chi connectivity index (χ4v) is 0.606. The van der Waals surface area contributed by atoms with Crippen LogP contribution in [0.1, 0.15) is 19.8 Å². The van der Waals surface area contributed by atoms with E-state index >= 15 is 0 Å². The third kappa shape index (κ3) is 9.46. The summed E-state index contributed by atoms with van der Waals surface area (Å²) in [5.74, 6) is -0.274. The first kappa shape index (κ1) is 14.0. The Kier molecular flexibility index (Phi) is 12.2. The van der Waals surface area contributed by atoms with Gasteiger partial charge in [-0.3, -0.25) is 0 Å². The lowest BCUT2D eigenvalue weighted by atomic mass is 10.3. The Morgan fingerprint density at radius 2 is 2.25 bits per heavy atom. The maximum Gasteiger partial charge on any atom is 0.330 e. The minimum Gasteiger partial charge on any atom is -0.463 e. The molecule has 0 aromatic heterocycles. The van der Waals surface area contributed by atoms with Crippen molar-refractivity contribution >= 4 is 18.4 Å². The van der Waals surface area contributed by atoms with Crippen molar-refractivity contribution in [2.75, 3.05) is 13.2 Å². The number of halogens is 1. The summed E-state index contributed by atoms with van der Waals surface area (Å²) < 4.78 is 4.67. The van der Waals surface area contributed by atoms with E-state index in [-0.39, 0.29) is 18.4 Å². The van der Waals surface area contributed by atoms with E-state index in [2.05, 4.69) is 4.74 Å². The molecule has 0 atom stereocenters. The third-order valence-corrected chi connectivity index (χ3v) is 1.12. The lowest BCUT2D eigenvalue weighted by Crippen LogP contribution is -1.99. The van der Waals surface area contributed by atoms with Crippen LogP contribution in [-0.2, 0) is 9.53 Å². The molecular weight excluding hydrogens is 178 g/mol. The van der Waals surface area contributed by atoms with Gasteiger partial charge in [0.2, 0.25) is 0 Å². The number of carbonyl (C=O) groups is 1. The van der Waals surface area contributed by atoms with Crippen LogP contribution in [0.25, 0.3) is 0 Å². The van der Waals surface area contributed by atoms with Crippen LogP contribution >= 0.6 is 12.4 Å². The molecule has 0 heterocycles. The van der Waals surface area contributed by atoms with E-state index < -0.39 is 0 Å². The predicted molar refractivity (Wildman–Crippen MR) is 51.3 cm³/mol. The van der Waals surface area contributed by atoms with E-state index in [0.717, 1.165) is 12.8 Å². The van der Waals surface area contributed by atoms with E-state index in [1.807, 2.05) is 0 Å². The molecule has 0 rings (SSSR count). The molecule has 0 aromatic rings. The van der Waals surface area contributed by atoms with Crippen molar-refractivity contribution < 1.29 is 9.53 Å². The quantitative estimate of drug-likeness (QED) is 0.407. The van der Waals surface area contributed by atoms with Gasteiger partial charge in [0.25, 0.3) is 0 Å². The number of hydrogen-bond donors (Lipinski definition) is 1. The molecule has 0 aliphatic rings. The second-order valence-corrected chi connectivity index (χ2v) is 2.09. The van der Waals surface area contributed by atoms with Crippen LogP contribution in [0, 0.1) is 0 Å². The fraction of sp³-hybridized carbons (Fsp3) is 0.625. The van der Waals surface area contributed by atoms with Gasteiger partial charge in [-0.25, -0.2) is 4.79 Å². The Balaban J connectivity index is 0. The zero-order chi connectivity index (χ0) is 8.53. The highest BCUT2D eigenvalue weighted by atomic mass is 35.5. The number of carbonyl (C=O) groups excluding carboxylic acids is 1. The lowest BCUT2D eigenvalue weighted by Gasteiger charge is -1.93. The average Bonchev–Trinajstić information content (AvgIpc) is 1.99. The smallest absolute Gasteiger partial charge is 0.330 e. The van der Waals surface area contributed by atoms with Crippen LogP contribution < -0.4 is 5.73 Å². The number of hydrogen-bond acceptors (Lipinski definition) is 3. The van der Waals surface area contributed by atoms with Crippen LogP contribution in [0.3, 0.4) is 0 Å². The summed E-state index contributed by atoms with van der Waals surface area (Å²) in [6, 6.07) is 0. The molecule has 0 aromatic carbocycles. The largest absolute Gasteiger partial charge is 0.463 e. The van der Waals surface area contributed by atoms with Crippen molar-refractivity contribution in [1.82, 2.24) is 0 Å². The molecule has 0 unspecified atom stereocenters. The molecule has 4 heteroatoms. The molecule has 0 aliphatic carbocycles. The van der Waals surface area contributed by atoms with Gasteiger partial charge in [0, 0.05) is 6.08 Å². The van der Waals surface area contributed by atoms with Gasteiger partial charge in [-0.2, -0.15) is 0 Å². The molecule has 0 spiro atoms. The predicted octanol–water partition coefficient (Wildman–Crippen LogP) is 1.27. The number of ether oxygens (including phenoxy) is 1. The van der Waals surface area contributed by atoms with Crippen molar-refractivity contribution in [3.8, 4) is 0 Å². The first-order valence-electron chi connectivity index (χ1n) is 3.84. The molecule has 0 saturated carbocycles. The van der Waals surface area contributed by atoms with Crippen molar-refractivity contribution in [3.63, 3.8) is 0 Å². The third-order valence-electron chi connectivity index (χ3n) is 1.12. The normalized spacial score (nSPS) is 9.50. The Hall–Kier alpha value is -0.540. The van der Waals surface area contributed by atoms with E-state index in [4.69, 9.17) is 5.73 Å². The molecule has 3 nitrogen and oxygen atoms in total. The molecule has 0 amide bonds. The summed E-state index contributed by atoms with van der Waals surface area (Å²) in [5.41, 5.74) is 5.25. The van der Waals surface area contributed by atoms with Gasteiger partial charge < -0.3 is 10.5 Å². The molecule has 0 fully saturated rings. The van der Waals surface area contributed by atoms with Gasteiger partial charge in [-0.15, -0.1) is 12.4 Å². The Bertz CT molecular complexity index is 137. The van der Waals surface area contributed by atoms with Crippen LogP contribution in [0.5, 0.6) is 0 Å². The molecule has 2 N–H and O–H groups in total. The molecular formula is C8H16ClNO2. The van der Waals surface area contributed by atoms with Gasteiger partial charge in [-0.1, -0.05) is 6.08 Å². The summed E-state index contributed by atoms with van der Waals surface area (Å²) in [7, 11) is 0. The summed E-state index contributed by atoms with van der Waals surface area (Å²) in [5, 5.41) is 0. The van der Waals surface area contributed by atoms with Gasteiger partial charge in [0.15, 0.2) is 0 Å². The first-order chi connectivity index (χ1) is 5.31. The monoisotopic (exact) mass is 193 g/mol. The van der Waals surface area contributed by atoms with Gasteiger partial charge >= 0.3 is 5.97 Å². The second-order valence-electron chi connectivity index (χ2n) is 2.09. The maximum atomic E-state index is 10.7. The Morgan fingerprint density at radius 3 is 2.75 bits per heavy atom. The number of esters is 1. The van der Waals surface area contributed by atoms with Crippen molar-refractivity contribution in [3.05, 3.63) is 12.2 Å². The van der Waals surface area contributed by atoms with Gasteiger partial charge in [0.05, 0.1) is 6.61 Å². The van der Waals surface area contributed by atoms with Crippen molar-refractivity contribution in [2.45, 2.75) is 19.8 Å². The minimum atomic E-state index is -0.274. The number of rotatable bonds is 5. The van der Waals surface area contributed by atoms with Crippen molar-refractivity contribution in [2.24, 2.45) is 5.73 Å². The van der Waals surface area contributed by atoms with Crippen LogP contribution in [0.4, 0.5) is 0 Å². The SMILES string of the molecule is CCOC(=O)/C=C/CCCN.Cl. The zero-order valence-electron chi connectivity index (χ0n) is 7.29. The zero-order valence-corrected chi connectivity index (χ0v) is 8.10. The van der Waals surface area contributed by atoms with E-state index in [1.54, 1.807) is 13.0 Å². The van der Waals surface area contributed by atoms with Crippen LogP contribution in [0.2, 0.25) is 0 Å². The first-order valence-corrected chi connectivity index (χ1v) is 3.84. The summed E-state index contributed by atoms with van der Waals surface area (Å²) in [4.78, 5) is 10.7. The molecule has 0 saturated heterocycles. The number of nitrogens with two attached hydrogens (primary N) is 1. The molecule has 0 bridgehead atoms. The molecule has 0 radical (unpaired) electrons. The Labute approximate surface area is 79.4 Å². The topological polar surface area (TPSA) is 52.3 Å². The molecule has 0 aliphatic heterocycles. The highest BCUT2D eigenvalue weighted by Crippen LogP contribution is 1.89. The summed E-state index contributed by atoms with van der Waals surface area (Å²) in [6.45, 7) is 2.87. The van der Waals surface area contributed by atoms with Gasteiger partial charge in [0.1, 0.15) is 0 Å². The highest BCUT2D eigenvalue weighted by molar-refractivity contribution is 5.85. The number of unbranched alkanes of at least 4 members (excludes halogenated alkanes) is 1. The van der Waals surface area contributed by atoms with Crippen LogP contribution in [-0.4, -0.2) is 19.1 Å². The molecule has 72 valence electrons. The Morgan fingerprint density at radius 1 is 1.58 bits per heavy atom. The van der Waals surface area contributed by atoms with E-state index in [1.165, 1.54) is 6.08 Å². The van der Waals surface area contributed by atoms with Gasteiger partial charge in [-0.05, 0) is 26.3 Å². The van der Waals surface area contributed by atoms with E-state index in [0.29, 0.717) is 13.2 Å². The fourth-order valence-electron chi connectivity index (χ4n) is 0.606. The van der Waals surface area contributed by atoms with Crippen molar-refractivity contribution in [1.29, 1.82) is 0 Å². The maximum absolute atomic E-state index is 10.7. The van der Waals surface area contributed by atoms with E-state index in [9.17, 15) is 4.79 Å². The second kappa shape index (κ2) is 10.5. The lowest BCUT2D eigenvalue weighted by molar-refractivity contribution is -0.137. The summed E-state index contributed by atoms with van der Waals surface area (Å²) >= 11 is 0. The molecule has 12 heavy (non-hydrogen) atoms. The standard InChI is InChI=1S/C8H15NO2.ClH/c1-2-11-8(10)6-4-3-5-7-9;/h4,6H,2-3,5,7,9H2,1H3;1H/b6-4+;. The highest BCUT2D eigenvalue weighted by Gasteiger charge is 1.90. The summed E-state index contributed by atoms with van der Waals surface area (Å²) in [6.07, 6.45) is 4.98. The minimum absolute atomic E-state index is 0. The number of allylic oxidation sites excluding steroid dienone is 1.